The van der Waals surface area contributed by atoms with Gasteiger partial charge in [-0.15, -0.1) is 6.42 Å². The Bertz CT molecular complexity index is 472. The van der Waals surface area contributed by atoms with Crippen LogP contribution in [0.3, 0.4) is 0 Å². The van der Waals surface area contributed by atoms with Gasteiger partial charge >= 0.3 is 0 Å². The molecule has 1 nitrogen and oxygen atoms in total. The molecule has 1 aromatic carbocycles. The Labute approximate surface area is 91.4 Å². The van der Waals surface area contributed by atoms with Crippen molar-refractivity contribution in [3.05, 3.63) is 29.8 Å². The van der Waals surface area contributed by atoms with Gasteiger partial charge in [-0.3, -0.25) is 0 Å². The first-order valence-electron chi connectivity index (χ1n) is 5.23. The van der Waals surface area contributed by atoms with Crippen LogP contribution in [0.25, 0.3) is 0 Å². The first-order chi connectivity index (χ1) is 7.09. The normalized spacial score (nSPS) is 17.5. The van der Waals surface area contributed by atoms with Crippen molar-refractivity contribution in [3.8, 4) is 12.3 Å². The molecule has 0 fully saturated rings. The summed E-state index contributed by atoms with van der Waals surface area (Å²) in [5.41, 5.74) is 4.07. The molecule has 0 amide bonds. The van der Waals surface area contributed by atoms with E-state index in [1.54, 1.807) is 0 Å². The van der Waals surface area contributed by atoms with Crippen molar-refractivity contribution in [1.82, 2.24) is 0 Å². The number of fused-ring (bicyclic) bond motifs is 1. The Morgan fingerprint density at radius 2 is 2.00 bits per heavy atom. The highest BCUT2D eigenvalue weighted by Crippen LogP contribution is 2.38. The van der Waals surface area contributed by atoms with E-state index in [0.717, 1.165) is 0 Å². The molecule has 1 aliphatic heterocycles. The van der Waals surface area contributed by atoms with Gasteiger partial charge < -0.3 is 0 Å². The number of rotatable bonds is 1. The van der Waals surface area contributed by atoms with Gasteiger partial charge in [0.1, 0.15) is 0 Å². The van der Waals surface area contributed by atoms with E-state index in [-0.39, 0.29) is 5.41 Å². The molecule has 15 heavy (non-hydrogen) atoms. The van der Waals surface area contributed by atoms with Gasteiger partial charge in [0.15, 0.2) is 5.71 Å². The van der Waals surface area contributed by atoms with E-state index in [1.807, 2.05) is 0 Å². The van der Waals surface area contributed by atoms with Crippen LogP contribution in [-0.4, -0.2) is 16.8 Å². The molecule has 0 radical (unpaired) electrons. The summed E-state index contributed by atoms with van der Waals surface area (Å²) in [5.74, 6) is 2.72. The zero-order valence-corrected chi connectivity index (χ0v) is 9.54. The van der Waals surface area contributed by atoms with Gasteiger partial charge in [0.2, 0.25) is 12.2 Å². The zero-order valence-electron chi connectivity index (χ0n) is 9.54. The van der Waals surface area contributed by atoms with Gasteiger partial charge in [0.25, 0.3) is 0 Å². The Hall–Kier alpha value is -1.55. The van der Waals surface area contributed by atoms with Crippen molar-refractivity contribution < 1.29 is 4.58 Å². The lowest BCUT2D eigenvalue weighted by molar-refractivity contribution is -0.424. The number of hydrogen-bond donors (Lipinski definition) is 0. The summed E-state index contributed by atoms with van der Waals surface area (Å²) in [6.45, 7) is 7.32. The summed E-state index contributed by atoms with van der Waals surface area (Å²) in [7, 11) is 0. The average Bonchev–Trinajstić information content (AvgIpc) is 2.42. The number of nitrogens with zero attached hydrogens (tertiary/aromatic N) is 1. The van der Waals surface area contributed by atoms with Gasteiger partial charge in [-0.2, -0.15) is 4.58 Å². The predicted molar refractivity (Wildman–Crippen MR) is 63.8 cm³/mol. The second-order valence-electron chi connectivity index (χ2n) is 4.52. The molecule has 1 heteroatoms. The van der Waals surface area contributed by atoms with Crippen LogP contribution in [0.15, 0.2) is 24.3 Å². The van der Waals surface area contributed by atoms with Crippen LogP contribution < -0.4 is 0 Å². The lowest BCUT2D eigenvalue weighted by Crippen LogP contribution is -2.26. The summed E-state index contributed by atoms with van der Waals surface area (Å²) >= 11 is 0. The van der Waals surface area contributed by atoms with Crippen LogP contribution in [-0.2, 0) is 5.41 Å². The van der Waals surface area contributed by atoms with Crippen molar-refractivity contribution in [3.63, 3.8) is 0 Å². The number of benzene rings is 1. The number of para-hydroxylation sites is 1. The van der Waals surface area contributed by atoms with Crippen LogP contribution in [0.5, 0.6) is 0 Å². The molecule has 0 spiro atoms. The summed E-state index contributed by atoms with van der Waals surface area (Å²) in [6, 6.07) is 8.49. The van der Waals surface area contributed by atoms with Crippen molar-refractivity contribution in [1.29, 1.82) is 0 Å². The van der Waals surface area contributed by atoms with Crippen molar-refractivity contribution in [2.24, 2.45) is 0 Å². The van der Waals surface area contributed by atoms with Crippen molar-refractivity contribution in [2.75, 3.05) is 6.54 Å². The van der Waals surface area contributed by atoms with Gasteiger partial charge in [-0.05, 0) is 19.8 Å². The third-order valence-electron chi connectivity index (χ3n) is 3.43. The monoisotopic (exact) mass is 198 g/mol. The summed E-state index contributed by atoms with van der Waals surface area (Å²) in [6.07, 6.45) is 5.41. The number of terminal acetylenes is 1. The predicted octanol–water partition coefficient (Wildman–Crippen LogP) is 2.72. The molecule has 0 saturated carbocycles. The fourth-order valence-electron chi connectivity index (χ4n) is 2.25. The lowest BCUT2D eigenvalue weighted by atomic mass is 9.82. The molecule has 0 aliphatic carbocycles. The fraction of sp³-hybridized carbons (Fsp3) is 0.357. The molecule has 1 aromatic rings. The third-order valence-corrected chi connectivity index (χ3v) is 3.43. The molecule has 2 rings (SSSR count). The smallest absolute Gasteiger partial charge is 0.187 e. The molecule has 0 aromatic heterocycles. The first kappa shape index (κ1) is 9.98. The highest BCUT2D eigenvalue weighted by atomic mass is 15.0. The SMILES string of the molecule is C#CC[N+]1=C(C)C(C)(C)c2ccccc21. The topological polar surface area (TPSA) is 3.01 Å². The molecule has 0 N–H and O–H groups in total. The number of hydrogen-bond acceptors (Lipinski definition) is 0. The van der Waals surface area contributed by atoms with Gasteiger partial charge in [-0.25, -0.2) is 0 Å². The summed E-state index contributed by atoms with van der Waals surface area (Å²) in [5, 5.41) is 0. The molecule has 0 bridgehead atoms. The Morgan fingerprint density at radius 3 is 2.67 bits per heavy atom. The standard InChI is InChI=1S/C14H16N/c1-5-10-15-11(2)14(3,4)12-8-6-7-9-13(12)15/h1,6-9H,10H2,2-4H3/q+1. The molecular weight excluding hydrogens is 182 g/mol. The second kappa shape index (κ2) is 3.24. The highest BCUT2D eigenvalue weighted by Gasteiger charge is 2.42. The van der Waals surface area contributed by atoms with Crippen LogP contribution in [0, 0.1) is 12.3 Å². The van der Waals surface area contributed by atoms with Crippen LogP contribution in [0.2, 0.25) is 0 Å². The van der Waals surface area contributed by atoms with E-state index in [9.17, 15) is 0 Å². The van der Waals surface area contributed by atoms with E-state index in [1.165, 1.54) is 17.0 Å². The third kappa shape index (κ3) is 1.29. The minimum absolute atomic E-state index is 0.105. The van der Waals surface area contributed by atoms with Gasteiger partial charge in [0, 0.05) is 18.6 Å². The van der Waals surface area contributed by atoms with Crippen molar-refractivity contribution in [2.45, 2.75) is 26.2 Å². The van der Waals surface area contributed by atoms with Gasteiger partial charge in [-0.1, -0.05) is 18.2 Å². The van der Waals surface area contributed by atoms with E-state index < -0.39 is 0 Å². The van der Waals surface area contributed by atoms with Crippen LogP contribution in [0.1, 0.15) is 26.3 Å². The minimum Gasteiger partial charge on any atom is -0.187 e. The maximum absolute atomic E-state index is 5.41. The van der Waals surface area contributed by atoms with Crippen molar-refractivity contribution >= 4 is 11.4 Å². The van der Waals surface area contributed by atoms with Crippen LogP contribution in [0.4, 0.5) is 5.69 Å². The Morgan fingerprint density at radius 1 is 1.33 bits per heavy atom. The summed E-state index contributed by atoms with van der Waals surface area (Å²) < 4.78 is 2.23. The van der Waals surface area contributed by atoms with Crippen LogP contribution >= 0.6 is 0 Å². The van der Waals surface area contributed by atoms with Gasteiger partial charge in [0.05, 0.1) is 5.41 Å². The average molecular weight is 198 g/mol. The largest absolute Gasteiger partial charge is 0.210 e. The maximum atomic E-state index is 5.41. The Balaban J connectivity index is 2.66. The minimum atomic E-state index is 0.105. The molecule has 76 valence electrons. The molecule has 0 unspecified atom stereocenters. The van der Waals surface area contributed by atoms with E-state index >= 15 is 0 Å². The Kier molecular flexibility index (Phi) is 2.16. The quantitative estimate of drug-likeness (QED) is 0.482. The van der Waals surface area contributed by atoms with E-state index in [2.05, 4.69) is 55.5 Å². The maximum Gasteiger partial charge on any atom is 0.210 e. The molecule has 0 atom stereocenters. The zero-order chi connectivity index (χ0) is 11.1. The molecule has 1 aliphatic rings. The lowest BCUT2D eigenvalue weighted by Gasteiger charge is -2.14. The second-order valence-corrected chi connectivity index (χ2v) is 4.52. The highest BCUT2D eigenvalue weighted by molar-refractivity contribution is 5.93. The van der Waals surface area contributed by atoms with E-state index in [4.69, 9.17) is 6.42 Å². The molecule has 0 saturated heterocycles. The molecule has 1 heterocycles. The summed E-state index contributed by atoms with van der Waals surface area (Å²) in [4.78, 5) is 0. The first-order valence-corrected chi connectivity index (χ1v) is 5.23. The fourth-order valence-corrected chi connectivity index (χ4v) is 2.25. The molecular formula is C14H16N+. The van der Waals surface area contributed by atoms with E-state index in [0.29, 0.717) is 6.54 Å².